The first-order valence-electron chi connectivity index (χ1n) is 5.97. The van der Waals surface area contributed by atoms with E-state index in [1.807, 2.05) is 43.4 Å². The summed E-state index contributed by atoms with van der Waals surface area (Å²) in [7, 11) is 0. The predicted molar refractivity (Wildman–Crippen MR) is 67.8 cm³/mol. The van der Waals surface area contributed by atoms with Crippen LogP contribution in [-0.4, -0.2) is 30.2 Å². The lowest BCUT2D eigenvalue weighted by atomic mass is 10.2. The zero-order valence-corrected chi connectivity index (χ0v) is 10.4. The van der Waals surface area contributed by atoms with E-state index in [1.54, 1.807) is 0 Å². The van der Waals surface area contributed by atoms with Gasteiger partial charge in [-0.05, 0) is 25.0 Å². The van der Waals surface area contributed by atoms with E-state index in [2.05, 4.69) is 5.32 Å². The third kappa shape index (κ3) is 4.54. The average molecular weight is 237 g/mol. The minimum atomic E-state index is -0.0359. The summed E-state index contributed by atoms with van der Waals surface area (Å²) in [4.78, 5) is 11.7. The zero-order chi connectivity index (χ0) is 12.7. The van der Waals surface area contributed by atoms with Crippen LogP contribution in [-0.2, 0) is 4.79 Å². The van der Waals surface area contributed by atoms with Gasteiger partial charge in [0.25, 0.3) is 5.91 Å². The number of hydrogen-bond acceptors (Lipinski definition) is 2. The number of nitrogens with two attached hydrogens (primary N) is 1. The van der Waals surface area contributed by atoms with E-state index >= 15 is 0 Å². The molecular formula is C13H21N2O2+. The van der Waals surface area contributed by atoms with Gasteiger partial charge in [0, 0.05) is 5.69 Å². The number of benzene rings is 1. The Labute approximate surface area is 102 Å². The molecule has 0 saturated heterocycles. The summed E-state index contributed by atoms with van der Waals surface area (Å²) in [6.45, 7) is 4.40. The standard InChI is InChI=1S/C13H20N2O2/c1-3-11(9-16)14-8-13(17)15-12-7-5-4-6-10(12)2/h4-7,11,14,16H,3,8-9H2,1-2H3,(H,15,17)/p+1/t11-/m0/s1. The number of carbonyl (C=O) groups is 1. The second-order valence-corrected chi connectivity index (χ2v) is 4.15. The molecule has 0 aliphatic heterocycles. The molecule has 4 nitrogen and oxygen atoms in total. The predicted octanol–water partition coefficient (Wildman–Crippen LogP) is 0.268. The van der Waals surface area contributed by atoms with Gasteiger partial charge in [-0.1, -0.05) is 25.1 Å². The van der Waals surface area contributed by atoms with Crippen LogP contribution in [0.5, 0.6) is 0 Å². The van der Waals surface area contributed by atoms with E-state index in [0.717, 1.165) is 17.7 Å². The molecule has 4 N–H and O–H groups in total. The molecule has 0 aliphatic carbocycles. The van der Waals surface area contributed by atoms with Gasteiger partial charge in [-0.15, -0.1) is 0 Å². The Morgan fingerprint density at radius 3 is 2.76 bits per heavy atom. The highest BCUT2D eigenvalue weighted by Crippen LogP contribution is 2.12. The molecular weight excluding hydrogens is 216 g/mol. The number of amides is 1. The lowest BCUT2D eigenvalue weighted by molar-refractivity contribution is -0.680. The molecule has 1 amide bonds. The number of para-hydroxylation sites is 1. The van der Waals surface area contributed by atoms with Gasteiger partial charge >= 0.3 is 0 Å². The van der Waals surface area contributed by atoms with Gasteiger partial charge < -0.3 is 15.7 Å². The molecule has 1 aromatic carbocycles. The third-order valence-electron chi connectivity index (χ3n) is 2.81. The van der Waals surface area contributed by atoms with E-state index < -0.39 is 0 Å². The van der Waals surface area contributed by atoms with E-state index in [-0.39, 0.29) is 18.6 Å². The summed E-state index contributed by atoms with van der Waals surface area (Å²) in [5, 5.41) is 13.7. The number of aliphatic hydroxyl groups excluding tert-OH is 1. The number of quaternary nitrogens is 1. The molecule has 0 fully saturated rings. The second kappa shape index (κ2) is 7.04. The molecule has 0 bridgehead atoms. The SMILES string of the molecule is CC[C@@H](CO)[NH2+]CC(=O)Nc1ccccc1C. The van der Waals surface area contributed by atoms with Crippen molar-refractivity contribution in [1.29, 1.82) is 0 Å². The van der Waals surface area contributed by atoms with Gasteiger partial charge in [-0.3, -0.25) is 4.79 Å². The maximum atomic E-state index is 11.7. The van der Waals surface area contributed by atoms with Crippen LogP contribution in [0.1, 0.15) is 18.9 Å². The van der Waals surface area contributed by atoms with Gasteiger partial charge in [0.2, 0.25) is 0 Å². The average Bonchev–Trinajstić information content (AvgIpc) is 2.33. The van der Waals surface area contributed by atoms with Crippen molar-refractivity contribution in [1.82, 2.24) is 0 Å². The Balaban J connectivity index is 2.42. The maximum absolute atomic E-state index is 11.7. The van der Waals surface area contributed by atoms with Gasteiger partial charge in [-0.25, -0.2) is 0 Å². The van der Waals surface area contributed by atoms with Crippen molar-refractivity contribution in [3.8, 4) is 0 Å². The van der Waals surface area contributed by atoms with Crippen molar-refractivity contribution in [3.05, 3.63) is 29.8 Å². The first-order chi connectivity index (χ1) is 8.17. The maximum Gasteiger partial charge on any atom is 0.279 e. The minimum absolute atomic E-state index is 0.0359. The Hall–Kier alpha value is -1.39. The van der Waals surface area contributed by atoms with Gasteiger partial charge in [0.05, 0.1) is 6.61 Å². The molecule has 17 heavy (non-hydrogen) atoms. The monoisotopic (exact) mass is 237 g/mol. The molecule has 4 heteroatoms. The highest BCUT2D eigenvalue weighted by molar-refractivity contribution is 5.92. The Bertz CT molecular complexity index is 362. The van der Waals surface area contributed by atoms with E-state index in [9.17, 15) is 4.79 Å². The van der Waals surface area contributed by atoms with Crippen LogP contribution in [0.2, 0.25) is 0 Å². The van der Waals surface area contributed by atoms with Crippen LogP contribution in [0.4, 0.5) is 5.69 Å². The summed E-state index contributed by atoms with van der Waals surface area (Å²) in [6, 6.07) is 7.79. The summed E-state index contributed by atoms with van der Waals surface area (Å²) in [6.07, 6.45) is 0.855. The highest BCUT2D eigenvalue weighted by Gasteiger charge is 2.11. The summed E-state index contributed by atoms with van der Waals surface area (Å²) < 4.78 is 0. The van der Waals surface area contributed by atoms with E-state index in [1.165, 1.54) is 0 Å². The molecule has 1 aromatic rings. The third-order valence-corrected chi connectivity index (χ3v) is 2.81. The van der Waals surface area contributed by atoms with E-state index in [4.69, 9.17) is 5.11 Å². The zero-order valence-electron chi connectivity index (χ0n) is 10.4. The smallest absolute Gasteiger partial charge is 0.279 e. The van der Waals surface area contributed by atoms with Gasteiger partial charge in [-0.2, -0.15) is 0 Å². The molecule has 0 radical (unpaired) electrons. The number of hydrogen-bond donors (Lipinski definition) is 3. The Morgan fingerprint density at radius 1 is 1.47 bits per heavy atom. The molecule has 0 aliphatic rings. The first-order valence-corrected chi connectivity index (χ1v) is 5.97. The fraction of sp³-hybridized carbons (Fsp3) is 0.462. The minimum Gasteiger partial charge on any atom is -0.390 e. The Kier molecular flexibility index (Phi) is 5.66. The fourth-order valence-corrected chi connectivity index (χ4v) is 1.56. The normalized spacial score (nSPS) is 12.2. The van der Waals surface area contributed by atoms with Gasteiger partial charge in [0.15, 0.2) is 6.54 Å². The summed E-state index contributed by atoms with van der Waals surface area (Å²) in [5.41, 5.74) is 1.90. The highest BCUT2D eigenvalue weighted by atomic mass is 16.3. The molecule has 0 aromatic heterocycles. The number of carbonyl (C=O) groups excluding carboxylic acids is 1. The largest absolute Gasteiger partial charge is 0.390 e. The first kappa shape index (κ1) is 13.7. The lowest BCUT2D eigenvalue weighted by Gasteiger charge is -2.11. The topological polar surface area (TPSA) is 65.9 Å². The van der Waals surface area contributed by atoms with Crippen LogP contribution in [0.25, 0.3) is 0 Å². The number of anilines is 1. The molecule has 0 heterocycles. The fourth-order valence-electron chi connectivity index (χ4n) is 1.56. The van der Waals surface area contributed by atoms with Crippen molar-refractivity contribution in [2.75, 3.05) is 18.5 Å². The number of nitrogens with one attached hydrogen (secondary N) is 1. The number of aliphatic hydroxyl groups is 1. The van der Waals surface area contributed by atoms with Crippen molar-refractivity contribution < 1.29 is 15.2 Å². The summed E-state index contributed by atoms with van der Waals surface area (Å²) in [5.74, 6) is -0.0359. The second-order valence-electron chi connectivity index (χ2n) is 4.15. The van der Waals surface area contributed by atoms with Crippen LogP contribution >= 0.6 is 0 Å². The lowest BCUT2D eigenvalue weighted by Crippen LogP contribution is -2.92. The molecule has 0 unspecified atom stereocenters. The quantitative estimate of drug-likeness (QED) is 0.665. The molecule has 1 atom stereocenters. The van der Waals surface area contributed by atoms with E-state index in [0.29, 0.717) is 6.54 Å². The van der Waals surface area contributed by atoms with Crippen molar-refractivity contribution in [2.24, 2.45) is 0 Å². The molecule has 0 spiro atoms. The molecule has 94 valence electrons. The van der Waals surface area contributed by atoms with Crippen LogP contribution in [0.3, 0.4) is 0 Å². The molecule has 0 saturated carbocycles. The van der Waals surface area contributed by atoms with Crippen LogP contribution in [0.15, 0.2) is 24.3 Å². The van der Waals surface area contributed by atoms with Gasteiger partial charge in [0.1, 0.15) is 6.04 Å². The van der Waals surface area contributed by atoms with Crippen LogP contribution < -0.4 is 10.6 Å². The summed E-state index contributed by atoms with van der Waals surface area (Å²) >= 11 is 0. The Morgan fingerprint density at radius 2 is 2.18 bits per heavy atom. The number of rotatable bonds is 6. The number of aryl methyl sites for hydroxylation is 1. The van der Waals surface area contributed by atoms with Crippen molar-refractivity contribution >= 4 is 11.6 Å². The molecule has 1 rings (SSSR count). The van der Waals surface area contributed by atoms with Crippen LogP contribution in [0, 0.1) is 6.92 Å². The van der Waals surface area contributed by atoms with Crippen molar-refractivity contribution in [3.63, 3.8) is 0 Å². The van der Waals surface area contributed by atoms with Crippen molar-refractivity contribution in [2.45, 2.75) is 26.3 Å².